The van der Waals surface area contributed by atoms with Gasteiger partial charge in [0.2, 0.25) is 15.9 Å². The Kier molecular flexibility index (Phi) is 8.04. The first kappa shape index (κ1) is 22.7. The van der Waals surface area contributed by atoms with E-state index in [1.54, 1.807) is 55.5 Å². The lowest BCUT2D eigenvalue weighted by molar-refractivity contribution is -0.116. The molecule has 0 aliphatic carbocycles. The fourth-order valence-electron chi connectivity index (χ4n) is 2.67. The van der Waals surface area contributed by atoms with E-state index in [9.17, 15) is 18.0 Å². The van der Waals surface area contributed by atoms with Crippen molar-refractivity contribution in [3.63, 3.8) is 0 Å². The molecule has 0 atom stereocenters. The maximum atomic E-state index is 12.3. The van der Waals surface area contributed by atoms with Crippen LogP contribution in [0.1, 0.15) is 30.1 Å². The Morgan fingerprint density at radius 2 is 1.76 bits per heavy atom. The van der Waals surface area contributed by atoms with Gasteiger partial charge in [-0.3, -0.25) is 9.10 Å². The van der Waals surface area contributed by atoms with Crippen LogP contribution in [-0.2, 0) is 19.6 Å². The number of benzene rings is 2. The summed E-state index contributed by atoms with van der Waals surface area (Å²) in [7, 11) is -3.51. The van der Waals surface area contributed by atoms with Crippen molar-refractivity contribution in [2.75, 3.05) is 29.0 Å². The van der Waals surface area contributed by atoms with Crippen molar-refractivity contribution in [1.29, 1.82) is 0 Å². The highest BCUT2D eigenvalue weighted by Gasteiger charge is 2.18. The predicted molar refractivity (Wildman–Crippen MR) is 114 cm³/mol. The maximum absolute atomic E-state index is 12.3. The molecule has 0 saturated heterocycles. The van der Waals surface area contributed by atoms with Crippen LogP contribution in [0.25, 0.3) is 0 Å². The van der Waals surface area contributed by atoms with Gasteiger partial charge in [-0.05, 0) is 49.7 Å². The second-order valence-corrected chi connectivity index (χ2v) is 8.57. The number of amides is 1. The minimum absolute atomic E-state index is 0.0801. The monoisotopic (exact) mass is 438 g/mol. The molecule has 0 aliphatic heterocycles. The van der Waals surface area contributed by atoms with Gasteiger partial charge in [-0.25, -0.2) is 13.2 Å². The lowest BCUT2D eigenvalue weighted by atomic mass is 10.1. The van der Waals surface area contributed by atoms with Crippen molar-refractivity contribution in [2.45, 2.75) is 19.8 Å². The second-order valence-electron chi connectivity index (χ2n) is 6.23. The molecule has 0 unspecified atom stereocenters. The van der Waals surface area contributed by atoms with E-state index in [2.05, 4.69) is 5.32 Å². The Balaban J connectivity index is 2.00. The van der Waals surface area contributed by atoms with Gasteiger partial charge >= 0.3 is 5.97 Å². The minimum atomic E-state index is -3.51. The molecule has 1 amide bonds. The van der Waals surface area contributed by atoms with Crippen LogP contribution < -0.4 is 9.62 Å². The molecule has 156 valence electrons. The van der Waals surface area contributed by atoms with Gasteiger partial charge in [0.05, 0.1) is 29.8 Å². The van der Waals surface area contributed by atoms with Crippen molar-refractivity contribution in [3.05, 3.63) is 59.1 Å². The third-order valence-electron chi connectivity index (χ3n) is 3.98. The number of para-hydroxylation sites is 1. The zero-order chi connectivity index (χ0) is 21.4. The van der Waals surface area contributed by atoms with E-state index < -0.39 is 16.0 Å². The first-order chi connectivity index (χ1) is 13.7. The Hall–Kier alpha value is -2.58. The summed E-state index contributed by atoms with van der Waals surface area (Å²) < 4.78 is 30.4. The van der Waals surface area contributed by atoms with Gasteiger partial charge in [0.25, 0.3) is 0 Å². The molecule has 7 nitrogen and oxygen atoms in total. The molecule has 0 aliphatic rings. The summed E-state index contributed by atoms with van der Waals surface area (Å²) in [5.41, 5.74) is 1.10. The molecular formula is C20H23ClN2O5S. The van der Waals surface area contributed by atoms with Crippen LogP contribution in [0.4, 0.5) is 11.4 Å². The van der Waals surface area contributed by atoms with E-state index >= 15 is 0 Å². The highest BCUT2D eigenvalue weighted by molar-refractivity contribution is 7.92. The molecular weight excluding hydrogens is 416 g/mol. The summed E-state index contributed by atoms with van der Waals surface area (Å²) in [6.45, 7) is 2.06. The molecule has 9 heteroatoms. The molecule has 0 aromatic heterocycles. The Labute approximate surface area is 175 Å². The number of esters is 1. The molecule has 0 bridgehead atoms. The number of anilines is 2. The highest BCUT2D eigenvalue weighted by atomic mass is 35.5. The van der Waals surface area contributed by atoms with E-state index in [1.807, 2.05) is 0 Å². The highest BCUT2D eigenvalue weighted by Crippen LogP contribution is 2.21. The SMILES string of the molecule is CCOC(=O)c1ccccc1NC(=O)CCCN(c1ccc(Cl)cc1)S(C)(=O)=O. The molecule has 0 spiro atoms. The van der Waals surface area contributed by atoms with E-state index in [1.165, 1.54) is 4.31 Å². The topological polar surface area (TPSA) is 92.8 Å². The summed E-state index contributed by atoms with van der Waals surface area (Å²) in [6.07, 6.45) is 1.48. The number of halogens is 1. The van der Waals surface area contributed by atoms with Gasteiger partial charge < -0.3 is 10.1 Å². The van der Waals surface area contributed by atoms with Crippen LogP contribution in [0.5, 0.6) is 0 Å². The van der Waals surface area contributed by atoms with Crippen LogP contribution in [0.3, 0.4) is 0 Å². The fourth-order valence-corrected chi connectivity index (χ4v) is 3.76. The number of hydrogen-bond acceptors (Lipinski definition) is 5. The van der Waals surface area contributed by atoms with Crippen LogP contribution in [0.15, 0.2) is 48.5 Å². The summed E-state index contributed by atoms with van der Waals surface area (Å²) >= 11 is 5.85. The van der Waals surface area contributed by atoms with E-state index in [0.717, 1.165) is 6.26 Å². The molecule has 0 saturated carbocycles. The van der Waals surface area contributed by atoms with Gasteiger partial charge in [-0.2, -0.15) is 0 Å². The third kappa shape index (κ3) is 6.76. The zero-order valence-electron chi connectivity index (χ0n) is 16.2. The standard InChI is InChI=1S/C20H23ClN2O5S/c1-3-28-20(25)17-7-4-5-8-18(17)22-19(24)9-6-14-23(29(2,26)27)16-12-10-15(21)11-13-16/h4-5,7-8,10-13H,3,6,9,14H2,1-2H3,(H,22,24). The molecule has 29 heavy (non-hydrogen) atoms. The Morgan fingerprint density at radius 3 is 2.38 bits per heavy atom. The van der Waals surface area contributed by atoms with Crippen LogP contribution in [0.2, 0.25) is 5.02 Å². The molecule has 0 heterocycles. The number of nitrogens with zero attached hydrogens (tertiary/aromatic N) is 1. The second kappa shape index (κ2) is 10.3. The largest absolute Gasteiger partial charge is 0.462 e. The van der Waals surface area contributed by atoms with Crippen molar-refractivity contribution in [3.8, 4) is 0 Å². The lowest BCUT2D eigenvalue weighted by Gasteiger charge is -2.22. The number of nitrogens with one attached hydrogen (secondary N) is 1. The van der Waals surface area contributed by atoms with Crippen LogP contribution >= 0.6 is 11.6 Å². The number of rotatable bonds is 9. The van der Waals surface area contributed by atoms with Gasteiger partial charge in [0.1, 0.15) is 0 Å². The molecule has 2 aromatic rings. The minimum Gasteiger partial charge on any atom is -0.462 e. The third-order valence-corrected chi connectivity index (χ3v) is 5.42. The Morgan fingerprint density at radius 1 is 1.10 bits per heavy atom. The van der Waals surface area contributed by atoms with Gasteiger partial charge in [0, 0.05) is 18.0 Å². The van der Waals surface area contributed by atoms with Crippen molar-refractivity contribution in [1.82, 2.24) is 0 Å². The fraction of sp³-hybridized carbons (Fsp3) is 0.300. The summed E-state index contributed by atoms with van der Waals surface area (Å²) in [4.78, 5) is 24.3. The number of hydrogen-bond donors (Lipinski definition) is 1. The van der Waals surface area contributed by atoms with Crippen LogP contribution in [0, 0.1) is 0 Å². The molecule has 0 radical (unpaired) electrons. The first-order valence-corrected chi connectivity index (χ1v) is 11.2. The average Bonchev–Trinajstić information content (AvgIpc) is 2.66. The van der Waals surface area contributed by atoms with Crippen molar-refractivity contribution >= 4 is 44.9 Å². The maximum Gasteiger partial charge on any atom is 0.340 e. The number of sulfonamides is 1. The molecule has 2 aromatic carbocycles. The number of carbonyl (C=O) groups is 2. The number of carbonyl (C=O) groups excluding carboxylic acids is 2. The lowest BCUT2D eigenvalue weighted by Crippen LogP contribution is -2.31. The molecule has 2 rings (SSSR count). The Bertz CT molecular complexity index is 961. The van der Waals surface area contributed by atoms with Crippen molar-refractivity contribution in [2.24, 2.45) is 0 Å². The molecule has 1 N–H and O–H groups in total. The predicted octanol–water partition coefficient (Wildman–Crippen LogP) is 3.70. The smallest absolute Gasteiger partial charge is 0.340 e. The summed E-state index contributed by atoms with van der Waals surface area (Å²) in [5.74, 6) is -0.847. The van der Waals surface area contributed by atoms with E-state index in [4.69, 9.17) is 16.3 Å². The van der Waals surface area contributed by atoms with E-state index in [-0.39, 0.29) is 31.0 Å². The van der Waals surface area contributed by atoms with Crippen molar-refractivity contribution < 1.29 is 22.7 Å². The quantitative estimate of drug-likeness (QED) is 0.602. The first-order valence-electron chi connectivity index (χ1n) is 9.01. The summed E-state index contributed by atoms with van der Waals surface area (Å²) in [6, 6.07) is 13.0. The van der Waals surface area contributed by atoms with Gasteiger partial charge in [0.15, 0.2) is 0 Å². The average molecular weight is 439 g/mol. The molecule has 0 fully saturated rings. The number of ether oxygens (including phenoxy) is 1. The van der Waals surface area contributed by atoms with E-state index in [0.29, 0.717) is 22.8 Å². The van der Waals surface area contributed by atoms with Gasteiger partial charge in [-0.15, -0.1) is 0 Å². The van der Waals surface area contributed by atoms with Crippen LogP contribution in [-0.4, -0.2) is 39.7 Å². The van der Waals surface area contributed by atoms with Gasteiger partial charge in [-0.1, -0.05) is 23.7 Å². The summed E-state index contributed by atoms with van der Waals surface area (Å²) in [5, 5.41) is 3.19. The normalized spacial score (nSPS) is 11.0. The zero-order valence-corrected chi connectivity index (χ0v) is 17.8.